The lowest BCUT2D eigenvalue weighted by Gasteiger charge is -2.12. The fourth-order valence-electron chi connectivity index (χ4n) is 3.37. The predicted molar refractivity (Wildman–Crippen MR) is 134 cm³/mol. The molecule has 0 atom stereocenters. The third-order valence-corrected chi connectivity index (χ3v) is 7.17. The molecule has 0 spiro atoms. The van der Waals surface area contributed by atoms with Gasteiger partial charge in [-0.2, -0.15) is 0 Å². The van der Waals surface area contributed by atoms with Gasteiger partial charge in [-0.1, -0.05) is 40.5 Å². The summed E-state index contributed by atoms with van der Waals surface area (Å²) in [7, 11) is 0.660. The molecule has 0 aliphatic carbocycles. The highest BCUT2D eigenvalue weighted by atomic mass is 35.5. The lowest BCUT2D eigenvalue weighted by atomic mass is 10.1. The van der Waals surface area contributed by atoms with Crippen molar-refractivity contribution in [3.8, 4) is 39.8 Å². The fourth-order valence-corrected chi connectivity index (χ4v) is 5.20. The van der Waals surface area contributed by atoms with Gasteiger partial charge in [0.2, 0.25) is 5.75 Å². The van der Waals surface area contributed by atoms with Crippen molar-refractivity contribution >= 4 is 38.9 Å². The molecule has 0 unspecified atom stereocenters. The summed E-state index contributed by atoms with van der Waals surface area (Å²) in [6.45, 7) is 0. The second-order valence-corrected chi connectivity index (χ2v) is 9.74. The van der Waals surface area contributed by atoms with Crippen LogP contribution < -0.4 is 18.9 Å². The smallest absolute Gasteiger partial charge is 0.263 e. The number of aromatic nitrogens is 1. The summed E-state index contributed by atoms with van der Waals surface area (Å²) < 4.78 is 49.6. The normalized spacial score (nSPS) is 11.2. The molecule has 0 aliphatic heterocycles. The molecule has 0 saturated heterocycles. The highest BCUT2D eigenvalue weighted by Gasteiger charge is 2.20. The van der Waals surface area contributed by atoms with E-state index in [1.807, 2.05) is 0 Å². The molecule has 1 aromatic heterocycles. The minimum Gasteiger partial charge on any atom is -0.493 e. The van der Waals surface area contributed by atoms with E-state index in [0.717, 1.165) is 5.56 Å². The number of methoxy groups -OCH3 is 3. The summed E-state index contributed by atoms with van der Waals surface area (Å²) in [6, 6.07) is 16.2. The van der Waals surface area contributed by atoms with E-state index >= 15 is 0 Å². The molecule has 0 amide bonds. The van der Waals surface area contributed by atoms with Crippen LogP contribution in [0.15, 0.2) is 70.1 Å². The van der Waals surface area contributed by atoms with Gasteiger partial charge in [0.1, 0.15) is 10.6 Å². The molecule has 4 rings (SSSR count). The number of nitrogens with one attached hydrogen (secondary N) is 1. The van der Waals surface area contributed by atoms with E-state index in [1.165, 1.54) is 39.5 Å². The van der Waals surface area contributed by atoms with Crippen molar-refractivity contribution in [1.29, 1.82) is 0 Å². The van der Waals surface area contributed by atoms with Gasteiger partial charge in [0, 0.05) is 27.9 Å². The first kappa shape index (κ1) is 24.7. The van der Waals surface area contributed by atoms with E-state index in [9.17, 15) is 8.42 Å². The Labute approximate surface area is 212 Å². The van der Waals surface area contributed by atoms with Gasteiger partial charge in [-0.3, -0.25) is 4.72 Å². The van der Waals surface area contributed by atoms with Crippen LogP contribution in [0.1, 0.15) is 0 Å². The van der Waals surface area contributed by atoms with Crippen molar-refractivity contribution in [2.45, 2.75) is 4.90 Å². The first-order valence-electron chi connectivity index (χ1n) is 10.1. The molecule has 8 nitrogen and oxygen atoms in total. The van der Waals surface area contributed by atoms with E-state index in [0.29, 0.717) is 40.0 Å². The van der Waals surface area contributed by atoms with Gasteiger partial charge < -0.3 is 18.7 Å². The van der Waals surface area contributed by atoms with Crippen molar-refractivity contribution in [2.24, 2.45) is 0 Å². The molecule has 1 heterocycles. The van der Waals surface area contributed by atoms with Gasteiger partial charge >= 0.3 is 0 Å². The first-order chi connectivity index (χ1) is 16.7. The van der Waals surface area contributed by atoms with Crippen LogP contribution in [0.3, 0.4) is 0 Å². The summed E-state index contributed by atoms with van der Waals surface area (Å²) in [5, 5.41) is 4.46. The minimum absolute atomic E-state index is 0.0699. The zero-order valence-electron chi connectivity index (χ0n) is 18.8. The number of ether oxygens (including phenoxy) is 3. The summed E-state index contributed by atoms with van der Waals surface area (Å²) in [4.78, 5) is -0.109. The molecule has 11 heteroatoms. The molecular formula is C24H20Cl2N2O6S. The van der Waals surface area contributed by atoms with E-state index in [1.54, 1.807) is 42.5 Å². The van der Waals surface area contributed by atoms with Crippen molar-refractivity contribution in [1.82, 2.24) is 5.16 Å². The van der Waals surface area contributed by atoms with Crippen LogP contribution in [-0.2, 0) is 10.0 Å². The molecule has 182 valence electrons. The number of sulfonamides is 1. The molecule has 3 aromatic carbocycles. The van der Waals surface area contributed by atoms with Crippen molar-refractivity contribution in [2.75, 3.05) is 26.1 Å². The Bertz CT molecular complexity index is 1440. The van der Waals surface area contributed by atoms with Crippen LogP contribution in [0.4, 0.5) is 5.69 Å². The Morgan fingerprint density at radius 3 is 2.09 bits per heavy atom. The van der Waals surface area contributed by atoms with E-state index in [4.69, 9.17) is 41.9 Å². The first-order valence-corrected chi connectivity index (χ1v) is 12.3. The minimum atomic E-state index is -3.93. The van der Waals surface area contributed by atoms with Gasteiger partial charge in [0.25, 0.3) is 10.0 Å². The standard InChI is InChI=1S/C24H20Cl2N2O6S/c1-31-21-10-15(11-22(32-2)24(21)33-3)20-13-19(27-34-20)14-4-7-17(8-5-14)28-35(29,30)23-12-16(25)6-9-18(23)26/h4-13,28H,1-3H3. The molecular weight excluding hydrogens is 515 g/mol. The summed E-state index contributed by atoms with van der Waals surface area (Å²) in [6.07, 6.45) is 0. The average molecular weight is 535 g/mol. The van der Waals surface area contributed by atoms with E-state index in [-0.39, 0.29) is 14.9 Å². The van der Waals surface area contributed by atoms with Crippen LogP contribution in [0.25, 0.3) is 22.6 Å². The van der Waals surface area contributed by atoms with Crippen LogP contribution in [0.2, 0.25) is 10.0 Å². The van der Waals surface area contributed by atoms with Gasteiger partial charge in [-0.15, -0.1) is 0 Å². The lowest BCUT2D eigenvalue weighted by molar-refractivity contribution is 0.324. The number of hydrogen-bond donors (Lipinski definition) is 1. The zero-order valence-corrected chi connectivity index (χ0v) is 21.2. The Kier molecular flexibility index (Phi) is 7.11. The summed E-state index contributed by atoms with van der Waals surface area (Å²) in [5.41, 5.74) is 2.30. The third kappa shape index (κ3) is 5.17. The average Bonchev–Trinajstić information content (AvgIpc) is 3.35. The van der Waals surface area contributed by atoms with E-state index < -0.39 is 10.0 Å². The highest BCUT2D eigenvalue weighted by molar-refractivity contribution is 7.92. The monoisotopic (exact) mass is 534 g/mol. The van der Waals surface area contributed by atoms with E-state index in [2.05, 4.69) is 9.88 Å². The topological polar surface area (TPSA) is 99.9 Å². The lowest BCUT2D eigenvalue weighted by Crippen LogP contribution is -2.13. The number of benzene rings is 3. The SMILES string of the molecule is COc1cc(-c2cc(-c3ccc(NS(=O)(=O)c4cc(Cl)ccc4Cl)cc3)no2)cc(OC)c1OC. The Hall–Kier alpha value is -3.40. The quantitative estimate of drug-likeness (QED) is 0.289. The molecule has 0 fully saturated rings. The predicted octanol–water partition coefficient (Wildman–Crippen LogP) is 6.14. The number of nitrogens with zero attached hydrogens (tertiary/aromatic N) is 1. The number of halogens is 2. The number of hydrogen-bond acceptors (Lipinski definition) is 7. The van der Waals surface area contributed by atoms with Gasteiger partial charge in [-0.05, 0) is 42.5 Å². The van der Waals surface area contributed by atoms with Crippen molar-refractivity contribution in [3.05, 3.63) is 70.7 Å². The van der Waals surface area contributed by atoms with Crippen LogP contribution in [-0.4, -0.2) is 34.9 Å². The molecule has 0 radical (unpaired) electrons. The number of rotatable bonds is 8. The summed E-state index contributed by atoms with van der Waals surface area (Å²) >= 11 is 12.0. The molecule has 0 aliphatic rings. The van der Waals surface area contributed by atoms with Gasteiger partial charge in [0.15, 0.2) is 17.3 Å². The van der Waals surface area contributed by atoms with Crippen molar-refractivity contribution < 1.29 is 27.2 Å². The highest BCUT2D eigenvalue weighted by Crippen LogP contribution is 2.41. The Balaban J connectivity index is 1.58. The third-order valence-electron chi connectivity index (χ3n) is 5.08. The van der Waals surface area contributed by atoms with Crippen LogP contribution in [0, 0.1) is 0 Å². The Morgan fingerprint density at radius 2 is 1.49 bits per heavy atom. The van der Waals surface area contributed by atoms with Crippen LogP contribution in [0.5, 0.6) is 17.2 Å². The summed E-state index contributed by atoms with van der Waals surface area (Å²) in [5.74, 6) is 1.92. The fraction of sp³-hybridized carbons (Fsp3) is 0.125. The second-order valence-electron chi connectivity index (χ2n) is 7.25. The molecule has 4 aromatic rings. The van der Waals surface area contributed by atoms with Gasteiger partial charge in [0.05, 0.1) is 26.4 Å². The largest absolute Gasteiger partial charge is 0.493 e. The molecule has 0 saturated carbocycles. The second kappa shape index (κ2) is 10.1. The number of anilines is 1. The maximum Gasteiger partial charge on any atom is 0.263 e. The zero-order chi connectivity index (χ0) is 25.2. The van der Waals surface area contributed by atoms with Crippen LogP contribution >= 0.6 is 23.2 Å². The van der Waals surface area contributed by atoms with Gasteiger partial charge in [-0.25, -0.2) is 8.42 Å². The maximum atomic E-state index is 12.7. The maximum absolute atomic E-state index is 12.7. The van der Waals surface area contributed by atoms with Crippen molar-refractivity contribution in [3.63, 3.8) is 0 Å². The Morgan fingerprint density at radius 1 is 0.829 bits per heavy atom. The molecule has 35 heavy (non-hydrogen) atoms. The molecule has 1 N–H and O–H groups in total. The molecule has 0 bridgehead atoms.